The molecule has 0 fully saturated rings. The molecule has 0 spiro atoms. The largest absolute Gasteiger partial charge is 0.449 e. The highest BCUT2D eigenvalue weighted by Gasteiger charge is 2.21. The number of esters is 1. The van der Waals surface area contributed by atoms with Crippen molar-refractivity contribution in [1.29, 1.82) is 0 Å². The van der Waals surface area contributed by atoms with Crippen molar-refractivity contribution in [3.05, 3.63) is 45.6 Å². The first-order valence-electron chi connectivity index (χ1n) is 7.73. The molecule has 2 aromatic rings. The van der Waals surface area contributed by atoms with Gasteiger partial charge in [0.2, 0.25) is 5.91 Å². The van der Waals surface area contributed by atoms with E-state index in [1.54, 1.807) is 30.3 Å². The Labute approximate surface area is 150 Å². The van der Waals surface area contributed by atoms with Crippen LogP contribution < -0.4 is 10.6 Å². The number of ether oxygens (including phenoxy) is 1. The minimum Gasteiger partial charge on any atom is -0.449 e. The van der Waals surface area contributed by atoms with Gasteiger partial charge >= 0.3 is 5.97 Å². The van der Waals surface area contributed by atoms with E-state index in [-0.39, 0.29) is 5.91 Å². The van der Waals surface area contributed by atoms with Crippen LogP contribution in [0.2, 0.25) is 0 Å². The predicted molar refractivity (Wildman–Crippen MR) is 98.0 cm³/mol. The maximum absolute atomic E-state index is 12.2. The van der Waals surface area contributed by atoms with Crippen molar-refractivity contribution in [3.8, 4) is 0 Å². The van der Waals surface area contributed by atoms with Crippen LogP contribution in [0.3, 0.4) is 0 Å². The van der Waals surface area contributed by atoms with E-state index in [0.717, 1.165) is 9.75 Å². The van der Waals surface area contributed by atoms with E-state index < -0.39 is 18.0 Å². The van der Waals surface area contributed by atoms with Crippen LogP contribution in [0.1, 0.15) is 34.0 Å². The third kappa shape index (κ3) is 5.15. The molecule has 0 saturated heterocycles. The van der Waals surface area contributed by atoms with Gasteiger partial charge in [0.15, 0.2) is 6.10 Å². The van der Waals surface area contributed by atoms with Crippen LogP contribution in [-0.4, -0.2) is 23.9 Å². The average molecular weight is 360 g/mol. The van der Waals surface area contributed by atoms with Crippen LogP contribution >= 0.6 is 11.3 Å². The summed E-state index contributed by atoms with van der Waals surface area (Å²) in [7, 11) is 0. The van der Waals surface area contributed by atoms with Crippen LogP contribution in [0.15, 0.2) is 30.3 Å². The number of anilines is 2. The lowest BCUT2D eigenvalue weighted by Gasteiger charge is -2.13. The molecule has 25 heavy (non-hydrogen) atoms. The van der Waals surface area contributed by atoms with Crippen molar-refractivity contribution in [1.82, 2.24) is 0 Å². The minimum absolute atomic E-state index is 0.170. The number of hydrogen-bond donors (Lipinski definition) is 2. The third-order valence-corrected chi connectivity index (χ3v) is 4.35. The summed E-state index contributed by atoms with van der Waals surface area (Å²) in [6.07, 6.45) is -0.929. The summed E-state index contributed by atoms with van der Waals surface area (Å²) >= 11 is 1.51. The second-order valence-electron chi connectivity index (χ2n) is 5.62. The number of benzene rings is 1. The number of thiophene rings is 1. The first-order chi connectivity index (χ1) is 11.8. The van der Waals surface area contributed by atoms with Gasteiger partial charge in [0, 0.05) is 28.1 Å². The number of nitrogens with one attached hydrogen (secondary N) is 2. The van der Waals surface area contributed by atoms with Gasteiger partial charge in [-0.1, -0.05) is 0 Å². The molecule has 2 amide bonds. The third-order valence-electron chi connectivity index (χ3n) is 3.39. The second kappa shape index (κ2) is 7.94. The molecule has 0 aliphatic rings. The summed E-state index contributed by atoms with van der Waals surface area (Å²) in [5, 5.41) is 5.31. The van der Waals surface area contributed by atoms with Crippen molar-refractivity contribution in [2.45, 2.75) is 33.8 Å². The van der Waals surface area contributed by atoms with Gasteiger partial charge in [-0.05, 0) is 51.1 Å². The van der Waals surface area contributed by atoms with Crippen LogP contribution in [0.4, 0.5) is 11.4 Å². The molecule has 132 valence electrons. The summed E-state index contributed by atoms with van der Waals surface area (Å²) in [4.78, 5) is 37.2. The van der Waals surface area contributed by atoms with E-state index in [1.165, 1.54) is 25.2 Å². The van der Waals surface area contributed by atoms with Gasteiger partial charge in [0.05, 0.1) is 5.56 Å². The molecule has 2 N–H and O–H groups in total. The smallest absolute Gasteiger partial charge is 0.340 e. The molecule has 2 rings (SSSR count). The summed E-state index contributed by atoms with van der Waals surface area (Å²) in [5.41, 5.74) is 1.67. The lowest BCUT2D eigenvalue weighted by atomic mass is 10.2. The van der Waals surface area contributed by atoms with Gasteiger partial charge in [-0.25, -0.2) is 4.79 Å². The fourth-order valence-corrected chi connectivity index (χ4v) is 3.11. The number of rotatable bonds is 5. The fraction of sp³-hybridized carbons (Fsp3) is 0.278. The first-order valence-corrected chi connectivity index (χ1v) is 8.54. The minimum atomic E-state index is -0.929. The average Bonchev–Trinajstić information content (AvgIpc) is 2.87. The second-order valence-corrected chi connectivity index (χ2v) is 7.08. The summed E-state index contributed by atoms with van der Waals surface area (Å²) in [6, 6.07) is 8.41. The van der Waals surface area contributed by atoms with Crippen molar-refractivity contribution < 1.29 is 19.1 Å². The lowest BCUT2D eigenvalue weighted by Crippen LogP contribution is -2.30. The summed E-state index contributed by atoms with van der Waals surface area (Å²) < 4.78 is 5.24. The molecular weight excluding hydrogens is 340 g/mol. The Balaban J connectivity index is 1.94. The molecule has 0 bridgehead atoms. The van der Waals surface area contributed by atoms with E-state index >= 15 is 0 Å². The van der Waals surface area contributed by atoms with Crippen LogP contribution in [0, 0.1) is 13.8 Å². The molecule has 0 saturated carbocycles. The topological polar surface area (TPSA) is 84.5 Å². The van der Waals surface area contributed by atoms with Gasteiger partial charge in [-0.3, -0.25) is 9.59 Å². The Bertz CT molecular complexity index is 796. The zero-order valence-corrected chi connectivity index (χ0v) is 15.3. The Morgan fingerprint density at radius 2 is 1.60 bits per heavy atom. The summed E-state index contributed by atoms with van der Waals surface area (Å²) in [5.74, 6) is -1.10. The fourth-order valence-electron chi connectivity index (χ4n) is 2.20. The Morgan fingerprint density at radius 3 is 2.08 bits per heavy atom. The lowest BCUT2D eigenvalue weighted by molar-refractivity contribution is -0.123. The number of aryl methyl sites for hydroxylation is 2. The van der Waals surface area contributed by atoms with Gasteiger partial charge < -0.3 is 15.4 Å². The SMILES string of the molecule is CC(=O)Nc1ccc(NC(=O)[C@H](C)OC(=O)c2cc(C)sc2C)cc1. The Morgan fingerprint density at radius 1 is 1.04 bits per heavy atom. The van der Waals surface area contributed by atoms with Gasteiger partial charge in [-0.15, -0.1) is 11.3 Å². The molecule has 1 aromatic heterocycles. The zero-order chi connectivity index (χ0) is 18.6. The van der Waals surface area contributed by atoms with Gasteiger partial charge in [0.1, 0.15) is 0 Å². The van der Waals surface area contributed by atoms with E-state index in [4.69, 9.17) is 4.74 Å². The van der Waals surface area contributed by atoms with E-state index in [9.17, 15) is 14.4 Å². The molecule has 7 heteroatoms. The van der Waals surface area contributed by atoms with E-state index in [0.29, 0.717) is 16.9 Å². The van der Waals surface area contributed by atoms with Gasteiger partial charge in [-0.2, -0.15) is 0 Å². The molecule has 0 aliphatic carbocycles. The number of hydrogen-bond acceptors (Lipinski definition) is 5. The highest BCUT2D eigenvalue weighted by Crippen LogP contribution is 2.22. The molecule has 0 aliphatic heterocycles. The molecule has 1 heterocycles. The summed E-state index contributed by atoms with van der Waals surface area (Å²) in [6.45, 7) is 6.70. The quantitative estimate of drug-likeness (QED) is 0.799. The molecular formula is C18H20N2O4S. The normalized spacial score (nSPS) is 11.5. The Kier molecular flexibility index (Phi) is 5.93. The molecule has 1 aromatic carbocycles. The number of carbonyl (C=O) groups is 3. The van der Waals surface area contributed by atoms with Crippen LogP contribution in [-0.2, 0) is 14.3 Å². The van der Waals surface area contributed by atoms with Crippen molar-refractivity contribution in [2.24, 2.45) is 0 Å². The maximum atomic E-state index is 12.2. The van der Waals surface area contributed by atoms with Crippen molar-refractivity contribution in [2.75, 3.05) is 10.6 Å². The zero-order valence-electron chi connectivity index (χ0n) is 14.5. The monoisotopic (exact) mass is 360 g/mol. The molecule has 0 unspecified atom stereocenters. The molecule has 1 atom stereocenters. The Hall–Kier alpha value is -2.67. The first kappa shape index (κ1) is 18.7. The maximum Gasteiger partial charge on any atom is 0.340 e. The van der Waals surface area contributed by atoms with Crippen molar-refractivity contribution >= 4 is 40.5 Å². The van der Waals surface area contributed by atoms with Crippen molar-refractivity contribution in [3.63, 3.8) is 0 Å². The van der Waals surface area contributed by atoms with Crippen LogP contribution in [0.25, 0.3) is 0 Å². The van der Waals surface area contributed by atoms with Crippen LogP contribution in [0.5, 0.6) is 0 Å². The standard InChI is InChI=1S/C18H20N2O4S/c1-10-9-16(12(3)25-10)18(23)24-11(2)17(22)20-15-7-5-14(6-8-15)19-13(4)21/h5-9,11H,1-4H3,(H,19,21)(H,20,22)/t11-/m0/s1. The number of carbonyl (C=O) groups excluding carboxylic acids is 3. The van der Waals surface area contributed by atoms with Gasteiger partial charge in [0.25, 0.3) is 5.91 Å². The predicted octanol–water partition coefficient (Wildman–Crippen LogP) is 3.51. The van der Waals surface area contributed by atoms with E-state index in [1.807, 2.05) is 13.8 Å². The highest BCUT2D eigenvalue weighted by atomic mass is 32.1. The van der Waals surface area contributed by atoms with E-state index in [2.05, 4.69) is 10.6 Å². The molecule has 0 radical (unpaired) electrons. The number of amides is 2. The molecule has 6 nitrogen and oxygen atoms in total. The highest BCUT2D eigenvalue weighted by molar-refractivity contribution is 7.12.